The molecule has 0 aliphatic carbocycles. The topological polar surface area (TPSA) is 44.1 Å². The van der Waals surface area contributed by atoms with Crippen LogP contribution in [0.3, 0.4) is 0 Å². The van der Waals surface area contributed by atoms with Crippen LogP contribution in [0.1, 0.15) is 36.2 Å². The van der Waals surface area contributed by atoms with Gasteiger partial charge < -0.3 is 4.74 Å². The van der Waals surface area contributed by atoms with E-state index in [0.717, 1.165) is 13.0 Å². The number of hydrogen-bond acceptors (Lipinski definition) is 3. The van der Waals surface area contributed by atoms with Crippen molar-refractivity contribution in [1.82, 2.24) is 9.78 Å². The second kappa shape index (κ2) is 5.86. The standard InChI is InChI=1S/C15H17FN2O2/c1-4-5-18-9-12(8-17-18)20-15-6-10(2)14(16)7-13(15)11(3)19/h6-9H,4-5H2,1-3H3. The maximum Gasteiger partial charge on any atom is 0.165 e. The molecule has 0 radical (unpaired) electrons. The second-order valence-electron chi connectivity index (χ2n) is 4.69. The third-order valence-corrected chi connectivity index (χ3v) is 2.93. The largest absolute Gasteiger partial charge is 0.453 e. The number of carbonyl (C=O) groups excluding carboxylic acids is 1. The van der Waals surface area contributed by atoms with Crippen LogP contribution in [0.15, 0.2) is 24.5 Å². The van der Waals surface area contributed by atoms with Crippen LogP contribution in [0.25, 0.3) is 0 Å². The normalized spacial score (nSPS) is 10.6. The Morgan fingerprint density at radius 3 is 2.85 bits per heavy atom. The molecule has 106 valence electrons. The highest BCUT2D eigenvalue weighted by atomic mass is 19.1. The number of nitrogens with zero attached hydrogens (tertiary/aromatic N) is 2. The first-order valence-electron chi connectivity index (χ1n) is 6.52. The Kier molecular flexibility index (Phi) is 4.17. The van der Waals surface area contributed by atoms with Crippen molar-refractivity contribution in [1.29, 1.82) is 0 Å². The van der Waals surface area contributed by atoms with Gasteiger partial charge in [-0.05, 0) is 38.0 Å². The van der Waals surface area contributed by atoms with Crippen molar-refractivity contribution in [3.8, 4) is 11.5 Å². The summed E-state index contributed by atoms with van der Waals surface area (Å²) < 4.78 is 21.0. The van der Waals surface area contributed by atoms with Gasteiger partial charge in [-0.3, -0.25) is 9.48 Å². The number of aromatic nitrogens is 2. The molecule has 0 saturated carbocycles. The number of hydrogen-bond donors (Lipinski definition) is 0. The summed E-state index contributed by atoms with van der Waals surface area (Å²) in [5.74, 6) is 0.239. The fourth-order valence-electron chi connectivity index (χ4n) is 1.89. The minimum Gasteiger partial charge on any atom is -0.453 e. The lowest BCUT2D eigenvalue weighted by Crippen LogP contribution is -2.00. The zero-order valence-corrected chi connectivity index (χ0v) is 11.8. The average Bonchev–Trinajstić information content (AvgIpc) is 2.81. The molecule has 0 unspecified atom stereocenters. The Labute approximate surface area is 117 Å². The zero-order valence-electron chi connectivity index (χ0n) is 11.8. The molecule has 2 rings (SSSR count). The van der Waals surface area contributed by atoms with Crippen LogP contribution in [0, 0.1) is 12.7 Å². The van der Waals surface area contributed by atoms with E-state index in [1.165, 1.54) is 19.1 Å². The molecule has 0 fully saturated rings. The van der Waals surface area contributed by atoms with E-state index in [0.29, 0.717) is 17.1 Å². The molecule has 4 nitrogen and oxygen atoms in total. The van der Waals surface area contributed by atoms with Gasteiger partial charge >= 0.3 is 0 Å². The van der Waals surface area contributed by atoms with Gasteiger partial charge in [0, 0.05) is 6.54 Å². The van der Waals surface area contributed by atoms with Crippen molar-refractivity contribution >= 4 is 5.78 Å². The number of ether oxygens (including phenoxy) is 1. The Balaban J connectivity index is 2.31. The highest BCUT2D eigenvalue weighted by molar-refractivity contribution is 5.97. The first-order valence-corrected chi connectivity index (χ1v) is 6.52. The molecule has 5 heteroatoms. The molecule has 0 spiro atoms. The molecule has 1 aromatic carbocycles. The lowest BCUT2D eigenvalue weighted by Gasteiger charge is -2.09. The maximum absolute atomic E-state index is 13.5. The molecule has 0 bridgehead atoms. The number of ketones is 1. The van der Waals surface area contributed by atoms with Gasteiger partial charge in [0.25, 0.3) is 0 Å². The fraction of sp³-hybridized carbons (Fsp3) is 0.333. The predicted octanol–water partition coefficient (Wildman–Crippen LogP) is 3.74. The lowest BCUT2D eigenvalue weighted by atomic mass is 10.1. The van der Waals surface area contributed by atoms with Crippen molar-refractivity contribution in [2.24, 2.45) is 0 Å². The van der Waals surface area contributed by atoms with Crippen molar-refractivity contribution in [3.05, 3.63) is 41.5 Å². The minimum atomic E-state index is -0.413. The van der Waals surface area contributed by atoms with Gasteiger partial charge in [0.1, 0.15) is 11.6 Å². The Morgan fingerprint density at radius 1 is 1.45 bits per heavy atom. The van der Waals surface area contributed by atoms with E-state index >= 15 is 0 Å². The molecule has 0 atom stereocenters. The van der Waals surface area contributed by atoms with Gasteiger partial charge in [0.2, 0.25) is 0 Å². The predicted molar refractivity (Wildman–Crippen MR) is 73.7 cm³/mol. The van der Waals surface area contributed by atoms with Gasteiger partial charge in [-0.25, -0.2) is 4.39 Å². The Morgan fingerprint density at radius 2 is 2.20 bits per heavy atom. The van der Waals surface area contributed by atoms with Gasteiger partial charge in [-0.2, -0.15) is 5.10 Å². The van der Waals surface area contributed by atoms with E-state index in [4.69, 9.17) is 4.74 Å². The third kappa shape index (κ3) is 3.04. The minimum absolute atomic E-state index is 0.233. The Bertz CT molecular complexity index is 635. The number of rotatable bonds is 5. The maximum atomic E-state index is 13.5. The second-order valence-corrected chi connectivity index (χ2v) is 4.69. The van der Waals surface area contributed by atoms with Gasteiger partial charge in [0.15, 0.2) is 11.5 Å². The monoisotopic (exact) mass is 276 g/mol. The van der Waals surface area contributed by atoms with E-state index < -0.39 is 5.82 Å². The summed E-state index contributed by atoms with van der Waals surface area (Å²) in [5, 5.41) is 4.15. The molecule has 2 aromatic rings. The van der Waals surface area contributed by atoms with Crippen LogP contribution in [-0.4, -0.2) is 15.6 Å². The van der Waals surface area contributed by atoms with E-state index in [1.54, 1.807) is 24.0 Å². The molecule has 0 amide bonds. The van der Waals surface area contributed by atoms with Crippen LogP contribution >= 0.6 is 0 Å². The van der Waals surface area contributed by atoms with Crippen molar-refractivity contribution in [2.45, 2.75) is 33.7 Å². The smallest absolute Gasteiger partial charge is 0.165 e. The molecular weight excluding hydrogens is 259 g/mol. The summed E-state index contributed by atoms with van der Waals surface area (Å²) in [6.45, 7) is 5.87. The van der Waals surface area contributed by atoms with E-state index in [-0.39, 0.29) is 11.3 Å². The first-order chi connectivity index (χ1) is 9.51. The van der Waals surface area contributed by atoms with Crippen LogP contribution in [0.5, 0.6) is 11.5 Å². The number of benzene rings is 1. The molecule has 0 aliphatic rings. The number of halogens is 1. The zero-order chi connectivity index (χ0) is 14.7. The number of Topliss-reactive ketones (excluding diaryl/α,β-unsaturated/α-hetero) is 1. The van der Waals surface area contributed by atoms with Crippen LogP contribution in [0.4, 0.5) is 4.39 Å². The highest BCUT2D eigenvalue weighted by Gasteiger charge is 2.14. The summed E-state index contributed by atoms with van der Waals surface area (Å²) in [6.07, 6.45) is 4.31. The molecule has 20 heavy (non-hydrogen) atoms. The quantitative estimate of drug-likeness (QED) is 0.781. The van der Waals surface area contributed by atoms with Crippen LogP contribution in [-0.2, 0) is 6.54 Å². The molecule has 0 saturated heterocycles. The summed E-state index contributed by atoms with van der Waals surface area (Å²) >= 11 is 0. The Hall–Kier alpha value is -2.17. The van der Waals surface area contributed by atoms with Gasteiger partial charge in [0.05, 0.1) is 18.0 Å². The highest BCUT2D eigenvalue weighted by Crippen LogP contribution is 2.28. The average molecular weight is 276 g/mol. The first kappa shape index (κ1) is 14.2. The van der Waals surface area contributed by atoms with Gasteiger partial charge in [-0.15, -0.1) is 0 Å². The van der Waals surface area contributed by atoms with Crippen molar-refractivity contribution in [3.63, 3.8) is 0 Å². The number of aryl methyl sites for hydroxylation is 2. The number of carbonyl (C=O) groups is 1. The van der Waals surface area contributed by atoms with E-state index in [2.05, 4.69) is 12.0 Å². The molecule has 1 aromatic heterocycles. The summed E-state index contributed by atoms with van der Waals surface area (Å²) in [7, 11) is 0. The van der Waals surface area contributed by atoms with Crippen LogP contribution in [0.2, 0.25) is 0 Å². The molecule has 1 heterocycles. The van der Waals surface area contributed by atoms with Gasteiger partial charge in [-0.1, -0.05) is 6.92 Å². The van der Waals surface area contributed by atoms with Crippen LogP contribution < -0.4 is 4.74 Å². The van der Waals surface area contributed by atoms with Crippen molar-refractivity contribution < 1.29 is 13.9 Å². The van der Waals surface area contributed by atoms with Crippen molar-refractivity contribution in [2.75, 3.05) is 0 Å². The lowest BCUT2D eigenvalue weighted by molar-refractivity contribution is 0.101. The summed E-state index contributed by atoms with van der Waals surface area (Å²) in [6, 6.07) is 2.74. The summed E-state index contributed by atoms with van der Waals surface area (Å²) in [4.78, 5) is 11.6. The molecule has 0 aliphatic heterocycles. The third-order valence-electron chi connectivity index (χ3n) is 2.93. The van der Waals surface area contributed by atoms with E-state index in [1.807, 2.05) is 0 Å². The fourth-order valence-corrected chi connectivity index (χ4v) is 1.89. The SMILES string of the molecule is CCCn1cc(Oc2cc(C)c(F)cc2C(C)=O)cn1. The molecular formula is C15H17FN2O2. The summed E-state index contributed by atoms with van der Waals surface area (Å²) in [5.41, 5.74) is 0.669. The molecule has 0 N–H and O–H groups in total. The van der Waals surface area contributed by atoms with E-state index in [9.17, 15) is 9.18 Å².